The first-order valence-electron chi connectivity index (χ1n) is 8.81. The maximum atomic E-state index is 11.1. The number of fused-ring (bicyclic) bond motifs is 1. The molecule has 1 saturated heterocycles. The summed E-state index contributed by atoms with van der Waals surface area (Å²) in [5.41, 5.74) is 3.88. The molecule has 0 radical (unpaired) electrons. The third kappa shape index (κ3) is 3.35. The zero-order chi connectivity index (χ0) is 18.8. The molecule has 136 valence electrons. The second kappa shape index (κ2) is 7.09. The van der Waals surface area contributed by atoms with Crippen LogP contribution >= 0.6 is 0 Å². The Morgan fingerprint density at radius 3 is 2.63 bits per heavy atom. The molecule has 3 aromatic rings. The Kier molecular flexibility index (Phi) is 4.48. The number of hydrogen-bond acceptors (Lipinski definition) is 5. The van der Waals surface area contributed by atoms with Gasteiger partial charge in [-0.25, -0.2) is 9.78 Å². The number of carbonyl (C=O) groups is 1. The fourth-order valence-electron chi connectivity index (χ4n) is 3.46. The fraction of sp³-hybridized carbons (Fsp3) is 0.250. The zero-order valence-electron chi connectivity index (χ0n) is 14.7. The highest BCUT2D eigenvalue weighted by Gasteiger charge is 2.17. The van der Waals surface area contributed by atoms with Crippen LogP contribution in [0, 0.1) is 11.3 Å². The number of nitriles is 1. The lowest BCUT2D eigenvalue weighted by atomic mass is 10.2. The number of carboxylic acids is 1. The average molecular weight is 361 g/mol. The normalized spacial score (nSPS) is 15.0. The van der Waals surface area contributed by atoms with Gasteiger partial charge >= 0.3 is 5.97 Å². The fourth-order valence-corrected chi connectivity index (χ4v) is 3.46. The van der Waals surface area contributed by atoms with Crippen LogP contribution in [-0.4, -0.2) is 58.3 Å². The number of carboxylic acid groups (broad SMARTS) is 1. The van der Waals surface area contributed by atoms with Crippen molar-refractivity contribution in [1.82, 2.24) is 14.5 Å². The second-order valence-electron chi connectivity index (χ2n) is 6.56. The van der Waals surface area contributed by atoms with Crippen molar-refractivity contribution < 1.29 is 9.90 Å². The van der Waals surface area contributed by atoms with Gasteiger partial charge in [-0.15, -0.1) is 0 Å². The molecule has 1 N–H and O–H groups in total. The van der Waals surface area contributed by atoms with Crippen LogP contribution in [0.3, 0.4) is 0 Å². The highest BCUT2D eigenvalue weighted by atomic mass is 16.4. The highest BCUT2D eigenvalue weighted by molar-refractivity contribution is 5.92. The molecule has 0 bridgehead atoms. The van der Waals surface area contributed by atoms with Crippen LogP contribution in [0.25, 0.3) is 16.7 Å². The van der Waals surface area contributed by atoms with Crippen molar-refractivity contribution in [2.24, 2.45) is 0 Å². The van der Waals surface area contributed by atoms with Gasteiger partial charge in [0.1, 0.15) is 6.33 Å². The molecule has 0 unspecified atom stereocenters. The van der Waals surface area contributed by atoms with E-state index in [0.29, 0.717) is 12.1 Å². The topological polar surface area (TPSA) is 85.4 Å². The lowest BCUT2D eigenvalue weighted by Gasteiger charge is -2.35. The van der Waals surface area contributed by atoms with E-state index in [2.05, 4.69) is 33.0 Å². The van der Waals surface area contributed by atoms with E-state index in [1.165, 1.54) is 0 Å². The standard InChI is InChI=1S/C20H19N5O2/c21-6-7-23-8-10-24(11-9-23)16-2-1-3-17(13-16)25-14-22-18-12-15(20(26)27)4-5-19(18)25/h1-5,12-14H,7-11H2,(H,26,27). The SMILES string of the molecule is N#CCN1CCN(c2cccc(-n3cnc4cc(C(=O)O)ccc43)c2)CC1. The van der Waals surface area contributed by atoms with E-state index in [0.717, 1.165) is 43.1 Å². The summed E-state index contributed by atoms with van der Waals surface area (Å²) in [7, 11) is 0. The molecule has 1 fully saturated rings. The smallest absolute Gasteiger partial charge is 0.335 e. The Hall–Kier alpha value is -3.37. The largest absolute Gasteiger partial charge is 0.478 e. The van der Waals surface area contributed by atoms with Gasteiger partial charge in [-0.05, 0) is 36.4 Å². The van der Waals surface area contributed by atoms with E-state index < -0.39 is 5.97 Å². The van der Waals surface area contributed by atoms with E-state index in [-0.39, 0.29) is 5.56 Å². The van der Waals surface area contributed by atoms with Gasteiger partial charge in [0.15, 0.2) is 0 Å². The van der Waals surface area contributed by atoms with Gasteiger partial charge < -0.3 is 10.0 Å². The molecule has 0 saturated carbocycles. The van der Waals surface area contributed by atoms with Crippen LogP contribution in [0.1, 0.15) is 10.4 Å². The van der Waals surface area contributed by atoms with Crippen molar-refractivity contribution in [1.29, 1.82) is 5.26 Å². The highest BCUT2D eigenvalue weighted by Crippen LogP contribution is 2.24. The number of anilines is 1. The van der Waals surface area contributed by atoms with Crippen LogP contribution < -0.4 is 4.90 Å². The summed E-state index contributed by atoms with van der Waals surface area (Å²) in [6.45, 7) is 4.01. The summed E-state index contributed by atoms with van der Waals surface area (Å²) in [5.74, 6) is -0.955. The summed E-state index contributed by atoms with van der Waals surface area (Å²) in [6.07, 6.45) is 1.72. The maximum Gasteiger partial charge on any atom is 0.335 e. The number of rotatable bonds is 4. The molecule has 7 nitrogen and oxygen atoms in total. The molecule has 2 heterocycles. The Balaban J connectivity index is 1.61. The van der Waals surface area contributed by atoms with Crippen LogP contribution in [0.4, 0.5) is 5.69 Å². The monoisotopic (exact) mass is 361 g/mol. The quantitative estimate of drug-likeness (QED) is 0.718. The summed E-state index contributed by atoms with van der Waals surface area (Å²) in [6, 6.07) is 15.4. The molecule has 7 heteroatoms. The Morgan fingerprint density at radius 1 is 1.11 bits per heavy atom. The Labute approximate surface area is 156 Å². The van der Waals surface area contributed by atoms with E-state index in [9.17, 15) is 4.79 Å². The molecule has 0 spiro atoms. The molecule has 1 aromatic heterocycles. The second-order valence-corrected chi connectivity index (χ2v) is 6.56. The molecule has 0 amide bonds. The van der Waals surface area contributed by atoms with Crippen LogP contribution in [0.2, 0.25) is 0 Å². The number of nitrogens with zero attached hydrogens (tertiary/aromatic N) is 5. The summed E-state index contributed by atoms with van der Waals surface area (Å²) >= 11 is 0. The molecule has 1 aliphatic rings. The van der Waals surface area contributed by atoms with E-state index in [1.54, 1.807) is 24.5 Å². The zero-order valence-corrected chi connectivity index (χ0v) is 14.7. The van der Waals surface area contributed by atoms with Gasteiger partial charge in [0.05, 0.1) is 29.2 Å². The first-order chi connectivity index (χ1) is 13.2. The summed E-state index contributed by atoms with van der Waals surface area (Å²) < 4.78 is 1.97. The molecule has 0 aliphatic carbocycles. The third-order valence-electron chi connectivity index (χ3n) is 4.93. The summed E-state index contributed by atoms with van der Waals surface area (Å²) in [4.78, 5) is 20.0. The minimum atomic E-state index is -0.955. The molecule has 4 rings (SSSR count). The van der Waals surface area contributed by atoms with Crippen LogP contribution in [0.5, 0.6) is 0 Å². The van der Waals surface area contributed by atoms with E-state index in [1.807, 2.05) is 16.7 Å². The number of aromatic carboxylic acids is 1. The van der Waals surface area contributed by atoms with Gasteiger partial charge in [-0.2, -0.15) is 5.26 Å². The summed E-state index contributed by atoms with van der Waals surface area (Å²) in [5, 5.41) is 18.0. The number of piperazine rings is 1. The van der Waals surface area contributed by atoms with Crippen molar-refractivity contribution in [3.63, 3.8) is 0 Å². The van der Waals surface area contributed by atoms with Gasteiger partial charge in [0, 0.05) is 37.6 Å². The predicted octanol–water partition coefficient (Wildman–Crippen LogP) is 2.37. The van der Waals surface area contributed by atoms with Crippen molar-refractivity contribution in [3.8, 4) is 11.8 Å². The molecular weight excluding hydrogens is 342 g/mol. The van der Waals surface area contributed by atoms with Crippen molar-refractivity contribution >= 4 is 22.7 Å². The molecule has 1 aliphatic heterocycles. The Morgan fingerprint density at radius 2 is 1.89 bits per heavy atom. The van der Waals surface area contributed by atoms with E-state index in [4.69, 9.17) is 10.4 Å². The Bertz CT molecular complexity index is 1030. The van der Waals surface area contributed by atoms with Crippen molar-refractivity contribution in [2.75, 3.05) is 37.6 Å². The van der Waals surface area contributed by atoms with Crippen molar-refractivity contribution in [3.05, 3.63) is 54.4 Å². The maximum absolute atomic E-state index is 11.1. The van der Waals surface area contributed by atoms with Gasteiger partial charge in [0.2, 0.25) is 0 Å². The number of hydrogen-bond donors (Lipinski definition) is 1. The van der Waals surface area contributed by atoms with Gasteiger partial charge in [-0.1, -0.05) is 6.07 Å². The lowest BCUT2D eigenvalue weighted by molar-refractivity contribution is 0.0697. The predicted molar refractivity (Wildman–Crippen MR) is 102 cm³/mol. The van der Waals surface area contributed by atoms with E-state index >= 15 is 0 Å². The molecule has 0 atom stereocenters. The first-order valence-corrected chi connectivity index (χ1v) is 8.81. The van der Waals surface area contributed by atoms with Crippen molar-refractivity contribution in [2.45, 2.75) is 0 Å². The van der Waals surface area contributed by atoms with Gasteiger partial charge in [-0.3, -0.25) is 9.47 Å². The van der Waals surface area contributed by atoms with Crippen LogP contribution in [-0.2, 0) is 0 Å². The average Bonchev–Trinajstić information content (AvgIpc) is 3.12. The van der Waals surface area contributed by atoms with Gasteiger partial charge in [0.25, 0.3) is 0 Å². The number of imidazole rings is 1. The first kappa shape index (κ1) is 17.1. The number of benzene rings is 2. The molecule has 27 heavy (non-hydrogen) atoms. The van der Waals surface area contributed by atoms with Crippen LogP contribution in [0.15, 0.2) is 48.8 Å². The third-order valence-corrected chi connectivity index (χ3v) is 4.93. The molecule has 2 aromatic carbocycles. The minimum Gasteiger partial charge on any atom is -0.478 e. The lowest BCUT2D eigenvalue weighted by Crippen LogP contribution is -2.46. The molecular formula is C20H19N5O2. The number of aromatic nitrogens is 2. The minimum absolute atomic E-state index is 0.233.